The Hall–Kier alpha value is -2.62. The molecule has 3 aromatic rings. The fraction of sp³-hybridized carbons (Fsp3) is 0.292. The maximum absolute atomic E-state index is 13.5. The van der Waals surface area contributed by atoms with Gasteiger partial charge in [0.25, 0.3) is 0 Å². The number of halogens is 3. The van der Waals surface area contributed by atoms with Gasteiger partial charge >= 0.3 is 6.18 Å². The van der Waals surface area contributed by atoms with Crippen molar-refractivity contribution in [3.8, 4) is 11.1 Å². The molecule has 0 aliphatic heterocycles. The van der Waals surface area contributed by atoms with E-state index in [-0.39, 0.29) is 6.42 Å². The summed E-state index contributed by atoms with van der Waals surface area (Å²) in [4.78, 5) is 12.8. The Morgan fingerprint density at radius 1 is 0.964 bits per heavy atom. The monoisotopic (exact) mass is 382 g/mol. The summed E-state index contributed by atoms with van der Waals surface area (Å²) in [6, 6.07) is 17.4. The lowest BCUT2D eigenvalue weighted by molar-refractivity contribution is -0.158. The number of hydrogen-bond acceptors (Lipinski definition) is 1. The third-order valence-corrected chi connectivity index (χ3v) is 5.64. The lowest BCUT2D eigenvalue weighted by atomic mass is 9.89. The zero-order valence-electron chi connectivity index (χ0n) is 15.6. The largest absolute Gasteiger partial charge is 0.399 e. The van der Waals surface area contributed by atoms with E-state index in [9.17, 15) is 18.0 Å². The van der Waals surface area contributed by atoms with Gasteiger partial charge in [0, 0.05) is 5.56 Å². The van der Waals surface area contributed by atoms with Crippen LogP contribution in [-0.2, 0) is 12.8 Å². The third kappa shape index (κ3) is 3.11. The van der Waals surface area contributed by atoms with Crippen LogP contribution in [0.1, 0.15) is 41.3 Å². The topological polar surface area (TPSA) is 17.1 Å². The van der Waals surface area contributed by atoms with E-state index in [0.29, 0.717) is 17.5 Å². The number of benzene rings is 3. The summed E-state index contributed by atoms with van der Waals surface area (Å²) in [5.74, 6) is -2.70. The minimum absolute atomic E-state index is 0.268. The van der Waals surface area contributed by atoms with Crippen LogP contribution in [0.5, 0.6) is 0 Å². The van der Waals surface area contributed by atoms with Gasteiger partial charge in [-0.15, -0.1) is 0 Å². The Kier molecular flexibility index (Phi) is 4.74. The van der Waals surface area contributed by atoms with Crippen molar-refractivity contribution < 1.29 is 18.0 Å². The minimum Gasteiger partial charge on any atom is -0.293 e. The lowest BCUT2D eigenvalue weighted by Gasteiger charge is -2.14. The van der Waals surface area contributed by atoms with Crippen LogP contribution in [-0.4, -0.2) is 12.0 Å². The first-order chi connectivity index (χ1) is 13.4. The van der Waals surface area contributed by atoms with Crippen LogP contribution in [0.4, 0.5) is 13.2 Å². The molecule has 0 saturated heterocycles. The second-order valence-corrected chi connectivity index (χ2v) is 7.42. The van der Waals surface area contributed by atoms with Crippen molar-refractivity contribution in [1.82, 2.24) is 0 Å². The molecule has 1 aliphatic carbocycles. The van der Waals surface area contributed by atoms with Crippen LogP contribution in [0.3, 0.4) is 0 Å². The number of carbonyl (C=O) groups is 1. The third-order valence-electron chi connectivity index (χ3n) is 5.64. The molecule has 144 valence electrons. The molecule has 28 heavy (non-hydrogen) atoms. The molecule has 1 aliphatic rings. The Morgan fingerprint density at radius 3 is 2.46 bits per heavy atom. The summed E-state index contributed by atoms with van der Waals surface area (Å²) in [7, 11) is 0. The van der Waals surface area contributed by atoms with Gasteiger partial charge in [-0.1, -0.05) is 67.9 Å². The van der Waals surface area contributed by atoms with Crippen molar-refractivity contribution in [1.29, 1.82) is 0 Å². The number of carbonyl (C=O) groups excluding carboxylic acids is 1. The molecule has 1 unspecified atom stereocenters. The van der Waals surface area contributed by atoms with Crippen molar-refractivity contribution in [3.63, 3.8) is 0 Å². The molecule has 0 heterocycles. The molecular formula is C24H21F3O. The van der Waals surface area contributed by atoms with Crippen molar-refractivity contribution in [3.05, 3.63) is 71.3 Å². The highest BCUT2D eigenvalue weighted by atomic mass is 19.4. The molecule has 0 spiro atoms. The fourth-order valence-electron chi connectivity index (χ4n) is 4.24. The number of ketones is 1. The Bertz CT molecular complexity index is 1040. The maximum atomic E-state index is 13.5. The summed E-state index contributed by atoms with van der Waals surface area (Å²) in [5.41, 5.74) is 3.23. The van der Waals surface area contributed by atoms with E-state index in [4.69, 9.17) is 0 Å². The highest BCUT2D eigenvalue weighted by molar-refractivity contribution is 6.07. The summed E-state index contributed by atoms with van der Waals surface area (Å²) >= 11 is 0. The van der Waals surface area contributed by atoms with Crippen LogP contribution in [0, 0.1) is 5.92 Å². The predicted molar refractivity (Wildman–Crippen MR) is 106 cm³/mol. The highest BCUT2D eigenvalue weighted by Crippen LogP contribution is 2.44. The van der Waals surface area contributed by atoms with Gasteiger partial charge in [-0.25, -0.2) is 0 Å². The van der Waals surface area contributed by atoms with E-state index in [0.717, 1.165) is 40.3 Å². The SMILES string of the molecule is CCCCc1ccc(-c2cccc3ccccc23)c2c1C(=O)C(C(F)(F)F)C2. The smallest absolute Gasteiger partial charge is 0.293 e. The standard InChI is InChI=1S/C24H21F3O/c1-2-3-7-16-12-13-19(18-11-6-9-15-8-4-5-10-17(15)18)20-14-21(24(25,26)27)23(28)22(16)20/h4-6,8-13,21H,2-3,7,14H2,1H3. The minimum atomic E-state index is -4.52. The summed E-state index contributed by atoms with van der Waals surface area (Å²) in [5, 5.41) is 2.01. The molecule has 0 bridgehead atoms. The average Bonchev–Trinajstić information content (AvgIpc) is 3.04. The van der Waals surface area contributed by atoms with Crippen LogP contribution in [0.15, 0.2) is 54.6 Å². The molecule has 0 fully saturated rings. The number of hydrogen-bond donors (Lipinski definition) is 0. The Labute approximate surface area is 162 Å². The quantitative estimate of drug-likeness (QED) is 0.487. The number of fused-ring (bicyclic) bond motifs is 2. The summed E-state index contributed by atoms with van der Waals surface area (Å²) in [6.07, 6.45) is -2.38. The van der Waals surface area contributed by atoms with E-state index < -0.39 is 17.9 Å². The molecule has 4 rings (SSSR count). The maximum Gasteiger partial charge on any atom is 0.399 e. The molecule has 0 radical (unpaired) electrons. The second-order valence-electron chi connectivity index (χ2n) is 7.42. The number of rotatable bonds is 4. The zero-order valence-corrected chi connectivity index (χ0v) is 15.6. The Balaban J connectivity index is 1.93. The average molecular weight is 382 g/mol. The van der Waals surface area contributed by atoms with Crippen molar-refractivity contribution >= 4 is 16.6 Å². The molecular weight excluding hydrogens is 361 g/mol. The number of unbranched alkanes of at least 4 members (excludes halogenated alkanes) is 1. The molecule has 0 aromatic heterocycles. The van der Waals surface area contributed by atoms with E-state index in [1.807, 2.05) is 61.5 Å². The molecule has 1 atom stereocenters. The van der Waals surface area contributed by atoms with E-state index >= 15 is 0 Å². The predicted octanol–water partition coefficient (Wildman–Crippen LogP) is 6.77. The second kappa shape index (κ2) is 7.08. The molecule has 0 N–H and O–H groups in total. The summed E-state index contributed by atoms with van der Waals surface area (Å²) < 4.78 is 40.6. The number of aryl methyl sites for hydroxylation is 1. The first kappa shape index (κ1) is 18.7. The lowest BCUT2D eigenvalue weighted by Crippen LogP contribution is -2.28. The van der Waals surface area contributed by atoms with Crippen LogP contribution in [0.2, 0.25) is 0 Å². The van der Waals surface area contributed by atoms with Crippen molar-refractivity contribution in [2.75, 3.05) is 0 Å². The van der Waals surface area contributed by atoms with Gasteiger partial charge in [0.1, 0.15) is 5.92 Å². The van der Waals surface area contributed by atoms with Gasteiger partial charge in [0.05, 0.1) is 0 Å². The van der Waals surface area contributed by atoms with Gasteiger partial charge in [0.2, 0.25) is 0 Å². The molecule has 0 amide bonds. The number of alkyl halides is 3. The molecule has 0 saturated carbocycles. The van der Waals surface area contributed by atoms with Crippen molar-refractivity contribution in [2.24, 2.45) is 5.92 Å². The summed E-state index contributed by atoms with van der Waals surface area (Å²) in [6.45, 7) is 2.03. The van der Waals surface area contributed by atoms with Crippen molar-refractivity contribution in [2.45, 2.75) is 38.8 Å². The number of Topliss-reactive ketones (excluding diaryl/α,β-unsaturated/α-hetero) is 1. The van der Waals surface area contributed by atoms with E-state index in [1.165, 1.54) is 0 Å². The first-order valence-corrected chi connectivity index (χ1v) is 9.65. The zero-order chi connectivity index (χ0) is 19.9. The van der Waals surface area contributed by atoms with Crippen LogP contribution < -0.4 is 0 Å². The van der Waals surface area contributed by atoms with Crippen LogP contribution >= 0.6 is 0 Å². The van der Waals surface area contributed by atoms with E-state index in [1.54, 1.807) is 0 Å². The van der Waals surface area contributed by atoms with Gasteiger partial charge in [-0.2, -0.15) is 13.2 Å². The van der Waals surface area contributed by atoms with Gasteiger partial charge < -0.3 is 0 Å². The normalized spacial score (nSPS) is 16.6. The Morgan fingerprint density at radius 2 is 1.71 bits per heavy atom. The van der Waals surface area contributed by atoms with Crippen LogP contribution in [0.25, 0.3) is 21.9 Å². The fourth-order valence-corrected chi connectivity index (χ4v) is 4.24. The van der Waals surface area contributed by atoms with Gasteiger partial charge in [-0.3, -0.25) is 4.79 Å². The molecule has 4 heteroatoms. The van der Waals surface area contributed by atoms with Gasteiger partial charge in [0.15, 0.2) is 5.78 Å². The first-order valence-electron chi connectivity index (χ1n) is 9.65. The molecule has 1 nitrogen and oxygen atoms in total. The highest BCUT2D eigenvalue weighted by Gasteiger charge is 2.50. The van der Waals surface area contributed by atoms with E-state index in [2.05, 4.69) is 0 Å². The van der Waals surface area contributed by atoms with Gasteiger partial charge in [-0.05, 0) is 52.3 Å². The molecule has 3 aromatic carbocycles.